The van der Waals surface area contributed by atoms with E-state index in [2.05, 4.69) is 9.71 Å². The van der Waals surface area contributed by atoms with E-state index in [1.807, 2.05) is 4.90 Å². The molecule has 3 aromatic carbocycles. The number of benzene rings is 3. The Bertz CT molecular complexity index is 1550. The molecular formula is C27H24F2N4O3S. The van der Waals surface area contributed by atoms with Crippen LogP contribution in [0.2, 0.25) is 0 Å². The molecule has 5 rings (SSSR count). The van der Waals surface area contributed by atoms with Crippen molar-refractivity contribution in [1.82, 2.24) is 14.8 Å². The van der Waals surface area contributed by atoms with Gasteiger partial charge in [-0.2, -0.15) is 0 Å². The van der Waals surface area contributed by atoms with Crippen LogP contribution < -0.4 is 4.72 Å². The Kier molecular flexibility index (Phi) is 6.86. The van der Waals surface area contributed by atoms with E-state index >= 15 is 0 Å². The fourth-order valence-corrected chi connectivity index (χ4v) is 5.63. The Hall–Kier alpha value is -3.89. The lowest BCUT2D eigenvalue weighted by Gasteiger charge is -2.34. The summed E-state index contributed by atoms with van der Waals surface area (Å²) in [5.41, 5.74) is 1.42. The molecule has 2 heterocycles. The number of fused-ring (bicyclic) bond motifs is 1. The van der Waals surface area contributed by atoms with Gasteiger partial charge in [0.05, 0.1) is 5.52 Å². The lowest BCUT2D eigenvalue weighted by atomic mass is 10.1. The summed E-state index contributed by atoms with van der Waals surface area (Å²) in [5, 5.41) is 0.715. The average molecular weight is 523 g/mol. The molecular weight excluding hydrogens is 498 g/mol. The standard InChI is InChI=1S/C27H24F2N4O3S/c28-23-7-1-5-21(25(23)29)18-32-14-16-33(17-15-32)27(34)20-9-11-22(12-10-20)31-37(35,36)24-8-2-4-19-6-3-13-30-26(19)24/h1-13,31H,14-18H2. The van der Waals surface area contributed by atoms with Crippen molar-refractivity contribution in [2.75, 3.05) is 30.9 Å². The molecule has 1 aliphatic rings. The maximum Gasteiger partial charge on any atom is 0.264 e. The third-order valence-electron chi connectivity index (χ3n) is 6.35. The lowest BCUT2D eigenvalue weighted by Crippen LogP contribution is -2.48. The highest BCUT2D eigenvalue weighted by molar-refractivity contribution is 7.93. The van der Waals surface area contributed by atoms with Gasteiger partial charge in [-0.1, -0.05) is 30.3 Å². The molecule has 7 nitrogen and oxygen atoms in total. The predicted octanol–water partition coefficient (Wildman–Crippen LogP) is 4.27. The number of piperazine rings is 1. The van der Waals surface area contributed by atoms with Gasteiger partial charge < -0.3 is 4.90 Å². The van der Waals surface area contributed by atoms with E-state index in [1.54, 1.807) is 65.7 Å². The van der Waals surface area contributed by atoms with E-state index in [0.29, 0.717) is 48.3 Å². The van der Waals surface area contributed by atoms with Gasteiger partial charge in [-0.3, -0.25) is 19.4 Å². The summed E-state index contributed by atoms with van der Waals surface area (Å²) in [5.74, 6) is -1.89. The van der Waals surface area contributed by atoms with Crippen molar-refractivity contribution in [3.8, 4) is 0 Å². The van der Waals surface area contributed by atoms with Crippen LogP contribution in [0.3, 0.4) is 0 Å². The number of halogens is 2. The van der Waals surface area contributed by atoms with Gasteiger partial charge in [-0.15, -0.1) is 0 Å². The van der Waals surface area contributed by atoms with Gasteiger partial charge in [-0.05, 0) is 42.5 Å². The number of hydrogen-bond acceptors (Lipinski definition) is 5. The molecule has 0 saturated carbocycles. The number of carbonyl (C=O) groups is 1. The highest BCUT2D eigenvalue weighted by Gasteiger charge is 2.24. The van der Waals surface area contributed by atoms with Gasteiger partial charge in [0.25, 0.3) is 15.9 Å². The summed E-state index contributed by atoms with van der Waals surface area (Å²) >= 11 is 0. The number of anilines is 1. The van der Waals surface area contributed by atoms with Crippen molar-refractivity contribution < 1.29 is 22.0 Å². The summed E-state index contributed by atoms with van der Waals surface area (Å²) in [6.45, 7) is 2.21. The lowest BCUT2D eigenvalue weighted by molar-refractivity contribution is 0.0627. The largest absolute Gasteiger partial charge is 0.336 e. The first-order valence-electron chi connectivity index (χ1n) is 11.7. The van der Waals surface area contributed by atoms with Gasteiger partial charge in [-0.25, -0.2) is 17.2 Å². The fourth-order valence-electron chi connectivity index (χ4n) is 4.39. The second-order valence-corrected chi connectivity index (χ2v) is 10.4. The average Bonchev–Trinajstić information content (AvgIpc) is 2.91. The minimum Gasteiger partial charge on any atom is -0.336 e. The number of carbonyl (C=O) groups excluding carboxylic acids is 1. The Morgan fingerprint density at radius 2 is 1.59 bits per heavy atom. The number of para-hydroxylation sites is 1. The van der Waals surface area contributed by atoms with E-state index in [9.17, 15) is 22.0 Å². The zero-order valence-electron chi connectivity index (χ0n) is 19.8. The van der Waals surface area contributed by atoms with Crippen LogP contribution in [-0.4, -0.2) is 55.3 Å². The summed E-state index contributed by atoms with van der Waals surface area (Å²) in [4.78, 5) is 20.9. The number of sulfonamides is 1. The van der Waals surface area contributed by atoms with Gasteiger partial charge in [0, 0.05) is 61.1 Å². The Morgan fingerprint density at radius 1 is 0.892 bits per heavy atom. The van der Waals surface area contributed by atoms with E-state index in [-0.39, 0.29) is 22.9 Å². The first-order valence-corrected chi connectivity index (χ1v) is 13.2. The smallest absolute Gasteiger partial charge is 0.264 e. The van der Waals surface area contributed by atoms with Gasteiger partial charge in [0.1, 0.15) is 4.90 Å². The van der Waals surface area contributed by atoms with Gasteiger partial charge >= 0.3 is 0 Å². The van der Waals surface area contributed by atoms with Crippen LogP contribution in [0.5, 0.6) is 0 Å². The van der Waals surface area contributed by atoms with Crippen LogP contribution in [0, 0.1) is 11.6 Å². The van der Waals surface area contributed by atoms with E-state index in [0.717, 1.165) is 6.07 Å². The molecule has 0 radical (unpaired) electrons. The van der Waals surface area contributed by atoms with Gasteiger partial charge in [0.15, 0.2) is 11.6 Å². The van der Waals surface area contributed by atoms with Crippen LogP contribution >= 0.6 is 0 Å². The molecule has 0 unspecified atom stereocenters. The van der Waals surface area contributed by atoms with Gasteiger partial charge in [0.2, 0.25) is 0 Å². The Morgan fingerprint density at radius 3 is 2.35 bits per heavy atom. The van der Waals surface area contributed by atoms with Crippen LogP contribution in [0.4, 0.5) is 14.5 Å². The minimum atomic E-state index is -3.89. The Labute approximate surface area is 213 Å². The van der Waals surface area contributed by atoms with Crippen LogP contribution in [0.25, 0.3) is 10.9 Å². The SMILES string of the molecule is O=C(c1ccc(NS(=O)(=O)c2cccc3cccnc23)cc1)N1CCN(Cc2cccc(F)c2F)CC1. The number of aromatic nitrogens is 1. The van der Waals surface area contributed by atoms with Crippen LogP contribution in [0.1, 0.15) is 15.9 Å². The zero-order chi connectivity index (χ0) is 26.0. The quantitative estimate of drug-likeness (QED) is 0.409. The van der Waals surface area contributed by atoms with Crippen molar-refractivity contribution in [2.45, 2.75) is 11.4 Å². The number of pyridine rings is 1. The van der Waals surface area contributed by atoms with Crippen molar-refractivity contribution in [2.24, 2.45) is 0 Å². The number of hydrogen-bond donors (Lipinski definition) is 1. The fraction of sp³-hybridized carbons (Fsp3) is 0.185. The molecule has 1 aromatic heterocycles. The second-order valence-electron chi connectivity index (χ2n) is 8.80. The molecule has 4 aromatic rings. The first-order chi connectivity index (χ1) is 17.8. The third-order valence-corrected chi connectivity index (χ3v) is 7.77. The van der Waals surface area contributed by atoms with E-state index in [1.165, 1.54) is 12.1 Å². The molecule has 1 saturated heterocycles. The summed E-state index contributed by atoms with van der Waals surface area (Å²) in [7, 11) is -3.89. The molecule has 0 spiro atoms. The molecule has 10 heteroatoms. The van der Waals surface area contributed by atoms with E-state index < -0.39 is 21.7 Å². The molecule has 0 bridgehead atoms. The molecule has 37 heavy (non-hydrogen) atoms. The van der Waals surface area contributed by atoms with Crippen molar-refractivity contribution in [1.29, 1.82) is 0 Å². The molecule has 190 valence electrons. The molecule has 1 amide bonds. The molecule has 0 aliphatic carbocycles. The maximum absolute atomic E-state index is 14.0. The predicted molar refractivity (Wildman–Crippen MR) is 137 cm³/mol. The highest BCUT2D eigenvalue weighted by atomic mass is 32.2. The molecule has 1 aliphatic heterocycles. The first kappa shape index (κ1) is 24.8. The zero-order valence-corrected chi connectivity index (χ0v) is 20.6. The second kappa shape index (κ2) is 10.2. The van der Waals surface area contributed by atoms with Crippen molar-refractivity contribution in [3.63, 3.8) is 0 Å². The minimum absolute atomic E-state index is 0.0711. The number of nitrogens with zero attached hydrogens (tertiary/aromatic N) is 3. The number of nitrogens with one attached hydrogen (secondary N) is 1. The maximum atomic E-state index is 14.0. The van der Waals surface area contributed by atoms with Crippen molar-refractivity contribution in [3.05, 3.63) is 102 Å². The summed E-state index contributed by atoms with van der Waals surface area (Å²) < 4.78 is 56.0. The Balaban J connectivity index is 1.22. The topological polar surface area (TPSA) is 82.6 Å². The highest BCUT2D eigenvalue weighted by Crippen LogP contribution is 2.24. The number of amides is 1. The summed E-state index contributed by atoms with van der Waals surface area (Å²) in [6.07, 6.45) is 1.54. The van der Waals surface area contributed by atoms with Crippen LogP contribution in [-0.2, 0) is 16.6 Å². The normalized spacial score (nSPS) is 14.6. The molecule has 1 fully saturated rings. The van der Waals surface area contributed by atoms with E-state index in [4.69, 9.17) is 0 Å². The third kappa shape index (κ3) is 5.30. The molecule has 1 N–H and O–H groups in total. The number of rotatable bonds is 6. The monoisotopic (exact) mass is 522 g/mol. The van der Waals surface area contributed by atoms with Crippen LogP contribution in [0.15, 0.2) is 83.9 Å². The molecule has 0 atom stereocenters. The van der Waals surface area contributed by atoms with Crippen molar-refractivity contribution >= 4 is 32.5 Å². The summed E-state index contributed by atoms with van der Waals surface area (Å²) in [6, 6.07) is 18.9.